The molecule has 3 N–H and O–H groups in total. The van der Waals surface area contributed by atoms with Crippen LogP contribution >= 0.6 is 7.82 Å². The topological polar surface area (TPSA) is 134 Å². The molecule has 9 nitrogen and oxygen atoms in total. The summed E-state index contributed by atoms with van der Waals surface area (Å²) >= 11 is 0. The van der Waals surface area contributed by atoms with Crippen molar-refractivity contribution in [2.24, 2.45) is 5.73 Å². The van der Waals surface area contributed by atoms with Crippen LogP contribution in [0.5, 0.6) is 0 Å². The van der Waals surface area contributed by atoms with Gasteiger partial charge in [-0.2, -0.15) is 0 Å². The average Bonchev–Trinajstić information content (AvgIpc) is 3.32. The van der Waals surface area contributed by atoms with Gasteiger partial charge in [-0.3, -0.25) is 18.6 Å². The van der Waals surface area contributed by atoms with E-state index in [1.54, 1.807) is 0 Å². The first-order valence-electron chi connectivity index (χ1n) is 25.0. The third-order valence-corrected chi connectivity index (χ3v) is 10.4. The molecule has 67 heavy (non-hydrogen) atoms. The van der Waals surface area contributed by atoms with Crippen molar-refractivity contribution in [3.05, 3.63) is 158 Å². The highest BCUT2D eigenvalue weighted by molar-refractivity contribution is 7.47. The quantitative estimate of drug-likeness (QED) is 0.0265. The molecule has 2 atom stereocenters. The number of hydrogen-bond donors (Lipinski definition) is 2. The predicted molar refractivity (Wildman–Crippen MR) is 283 cm³/mol. The van der Waals surface area contributed by atoms with Crippen molar-refractivity contribution >= 4 is 19.8 Å². The monoisotopic (exact) mass is 946 g/mol. The van der Waals surface area contributed by atoms with Crippen molar-refractivity contribution in [2.45, 2.75) is 161 Å². The van der Waals surface area contributed by atoms with Gasteiger partial charge in [0.2, 0.25) is 0 Å². The third-order valence-electron chi connectivity index (χ3n) is 9.42. The average molecular weight is 946 g/mol. The van der Waals surface area contributed by atoms with E-state index in [9.17, 15) is 19.0 Å². The first-order valence-corrected chi connectivity index (χ1v) is 26.5. The van der Waals surface area contributed by atoms with Gasteiger partial charge in [0.1, 0.15) is 6.61 Å². The summed E-state index contributed by atoms with van der Waals surface area (Å²) in [4.78, 5) is 35.0. The molecule has 0 aliphatic heterocycles. The van der Waals surface area contributed by atoms with Crippen LogP contribution in [0.1, 0.15) is 155 Å². The maximum absolute atomic E-state index is 12.6. The lowest BCUT2D eigenvalue weighted by Crippen LogP contribution is -2.29. The number of nitrogens with two attached hydrogens (primary N) is 1. The molecule has 0 saturated carbocycles. The highest BCUT2D eigenvalue weighted by atomic mass is 31.2. The maximum atomic E-state index is 12.6. The molecule has 0 spiro atoms. The van der Waals surface area contributed by atoms with E-state index in [4.69, 9.17) is 24.3 Å². The minimum absolute atomic E-state index is 0.0302. The number of hydrogen-bond acceptors (Lipinski definition) is 8. The number of ether oxygens (including phenoxy) is 2. The second-order valence-electron chi connectivity index (χ2n) is 15.6. The van der Waals surface area contributed by atoms with Gasteiger partial charge in [-0.25, -0.2) is 4.57 Å². The van der Waals surface area contributed by atoms with Gasteiger partial charge < -0.3 is 20.1 Å². The van der Waals surface area contributed by atoms with E-state index < -0.39 is 32.5 Å². The normalized spacial score (nSPS) is 14.5. The summed E-state index contributed by atoms with van der Waals surface area (Å²) in [6, 6.07) is 0. The van der Waals surface area contributed by atoms with Crippen LogP contribution < -0.4 is 5.73 Å². The Balaban J connectivity index is 4.27. The van der Waals surface area contributed by atoms with E-state index >= 15 is 0 Å². The number of allylic oxidation sites excluding steroid dienone is 26. The van der Waals surface area contributed by atoms with E-state index in [0.717, 1.165) is 116 Å². The Morgan fingerprint density at radius 2 is 0.806 bits per heavy atom. The molecule has 0 aromatic heterocycles. The van der Waals surface area contributed by atoms with Gasteiger partial charge in [0.05, 0.1) is 13.2 Å². The molecule has 2 unspecified atom stereocenters. The summed E-state index contributed by atoms with van der Waals surface area (Å²) in [5.41, 5.74) is 5.36. The Hall–Kier alpha value is -4.37. The van der Waals surface area contributed by atoms with Crippen molar-refractivity contribution in [3.8, 4) is 0 Å². The van der Waals surface area contributed by atoms with Crippen LogP contribution in [-0.4, -0.2) is 49.3 Å². The number of rotatable bonds is 44. The molecule has 0 saturated heterocycles. The molecule has 0 radical (unpaired) electrons. The van der Waals surface area contributed by atoms with E-state index in [0.29, 0.717) is 12.8 Å². The van der Waals surface area contributed by atoms with E-state index in [2.05, 4.69) is 160 Å². The Labute approximate surface area is 407 Å². The van der Waals surface area contributed by atoms with Gasteiger partial charge in [0.25, 0.3) is 0 Å². The third kappa shape index (κ3) is 50.9. The summed E-state index contributed by atoms with van der Waals surface area (Å²) in [6.45, 7) is 3.36. The summed E-state index contributed by atoms with van der Waals surface area (Å²) in [7, 11) is -4.42. The molecule has 0 bridgehead atoms. The standard InChI is InChI=1S/C57H88NO8P/c1-3-5-7-9-11-13-15-17-19-21-23-24-25-26-27-28-29-30-32-34-36-38-40-42-44-46-48-50-57(60)66-55(54-65-67(61,62)64-52-51-58)53-63-56(59)49-47-45-43-41-39-37-35-33-31-22-20-18-16-14-12-10-8-6-4-2/h5-8,11-14,17-20,23-24,26-27,29-31,33-34,36-37,39,43,45,55H,3-4,9-10,15-16,21-22,25,28,32,35,38,40-42,44,46-54,58H2,1-2H3,(H,61,62)/b7-5-,8-6-,13-11-,14-12-,19-17-,20-18-,24-23-,27-26-,30-29-,33-31-,36-34-,39-37-,45-43-. The first kappa shape index (κ1) is 62.6. The van der Waals surface area contributed by atoms with Crippen molar-refractivity contribution in [1.82, 2.24) is 0 Å². The molecule has 0 rings (SSSR count). The summed E-state index contributed by atoms with van der Waals surface area (Å²) in [5, 5.41) is 0. The number of phosphoric acid groups is 1. The van der Waals surface area contributed by atoms with Crippen molar-refractivity contribution < 1.29 is 37.6 Å². The van der Waals surface area contributed by atoms with Crippen LogP contribution in [0, 0.1) is 0 Å². The summed E-state index contributed by atoms with van der Waals surface area (Å²) < 4.78 is 32.8. The van der Waals surface area contributed by atoms with Gasteiger partial charge in [-0.15, -0.1) is 0 Å². The molecule has 0 aliphatic carbocycles. The van der Waals surface area contributed by atoms with Crippen molar-refractivity contribution in [3.63, 3.8) is 0 Å². The summed E-state index contributed by atoms with van der Waals surface area (Å²) in [6.07, 6.45) is 74.3. The van der Waals surface area contributed by atoms with Gasteiger partial charge in [-0.1, -0.05) is 191 Å². The molecule has 0 aliphatic rings. The van der Waals surface area contributed by atoms with Crippen molar-refractivity contribution in [1.29, 1.82) is 0 Å². The van der Waals surface area contributed by atoms with Gasteiger partial charge in [-0.05, 0) is 109 Å². The fourth-order valence-corrected chi connectivity index (χ4v) is 6.58. The molecule has 0 heterocycles. The number of phosphoric ester groups is 1. The minimum atomic E-state index is -4.42. The lowest BCUT2D eigenvalue weighted by atomic mass is 10.1. The van der Waals surface area contributed by atoms with Crippen LogP contribution in [-0.2, 0) is 32.7 Å². The fourth-order valence-electron chi connectivity index (χ4n) is 5.81. The van der Waals surface area contributed by atoms with E-state index in [1.807, 2.05) is 12.2 Å². The van der Waals surface area contributed by atoms with E-state index in [-0.39, 0.29) is 32.6 Å². The molecular weight excluding hydrogens is 858 g/mol. The second-order valence-corrected chi connectivity index (χ2v) is 17.0. The maximum Gasteiger partial charge on any atom is 0.472 e. The zero-order valence-electron chi connectivity index (χ0n) is 41.3. The Kier molecular flexibility index (Phi) is 47.7. The van der Waals surface area contributed by atoms with Gasteiger partial charge >= 0.3 is 19.8 Å². The van der Waals surface area contributed by atoms with Crippen LogP contribution in [0.2, 0.25) is 0 Å². The molecule has 374 valence electrons. The fraction of sp³-hybridized carbons (Fsp3) is 0.509. The number of carbonyl (C=O) groups is 2. The Morgan fingerprint density at radius 1 is 0.448 bits per heavy atom. The number of unbranched alkanes of at least 4 members (excludes halogenated alkanes) is 5. The molecular formula is C57H88NO8P. The van der Waals surface area contributed by atoms with Crippen LogP contribution in [0.4, 0.5) is 0 Å². The summed E-state index contributed by atoms with van der Waals surface area (Å²) in [5.74, 6) is -0.966. The van der Waals surface area contributed by atoms with Gasteiger partial charge in [0, 0.05) is 19.4 Å². The van der Waals surface area contributed by atoms with Crippen LogP contribution in [0.15, 0.2) is 158 Å². The van der Waals surface area contributed by atoms with Gasteiger partial charge in [0.15, 0.2) is 6.10 Å². The molecule has 0 aromatic carbocycles. The zero-order chi connectivity index (χ0) is 48.8. The predicted octanol–water partition coefficient (Wildman–Crippen LogP) is 15.4. The smallest absolute Gasteiger partial charge is 0.462 e. The first-order chi connectivity index (χ1) is 32.8. The number of esters is 2. The number of carbonyl (C=O) groups excluding carboxylic acids is 2. The molecule has 10 heteroatoms. The highest BCUT2D eigenvalue weighted by Gasteiger charge is 2.25. The largest absolute Gasteiger partial charge is 0.472 e. The second kappa shape index (κ2) is 51.0. The van der Waals surface area contributed by atoms with Crippen molar-refractivity contribution in [2.75, 3.05) is 26.4 Å². The molecule has 0 fully saturated rings. The highest BCUT2D eigenvalue weighted by Crippen LogP contribution is 2.43. The lowest BCUT2D eigenvalue weighted by Gasteiger charge is -2.19. The van der Waals surface area contributed by atoms with Crippen LogP contribution in [0.3, 0.4) is 0 Å². The molecule has 0 amide bonds. The van der Waals surface area contributed by atoms with E-state index in [1.165, 1.54) is 0 Å². The molecule has 0 aromatic rings. The lowest BCUT2D eigenvalue weighted by molar-refractivity contribution is -0.161. The minimum Gasteiger partial charge on any atom is -0.462 e. The SMILES string of the molecule is CC/C=C\C/C=C\C/C=C\C/C=C\C/C=C\C/C=C\C/C=C\CCCCCCCC(=O)OC(COC(=O)CC/C=C\C/C=C\C/C=C\C/C=C\C/C=C\C/C=C\CC)COP(=O)(O)OCCN. The Bertz CT molecular complexity index is 1640. The Morgan fingerprint density at radius 3 is 1.21 bits per heavy atom. The van der Waals surface area contributed by atoms with Crippen LogP contribution in [0.25, 0.3) is 0 Å². The zero-order valence-corrected chi connectivity index (χ0v) is 42.2.